The second-order valence-corrected chi connectivity index (χ2v) is 6.48. The summed E-state index contributed by atoms with van der Waals surface area (Å²) in [6, 6.07) is 13.1. The predicted molar refractivity (Wildman–Crippen MR) is 91.5 cm³/mol. The number of benzene rings is 2. The molecule has 0 bridgehead atoms. The number of hydrogen-bond acceptors (Lipinski definition) is 4. The van der Waals surface area contributed by atoms with Crippen LogP contribution in [0.25, 0.3) is 0 Å². The summed E-state index contributed by atoms with van der Waals surface area (Å²) >= 11 is 7.31. The van der Waals surface area contributed by atoms with Crippen LogP contribution < -0.4 is 14.8 Å². The number of nitrogens with one attached hydrogen (secondary N) is 1. The van der Waals surface area contributed by atoms with Crippen LogP contribution in [0, 0.1) is 0 Å². The molecule has 0 radical (unpaired) electrons. The third-order valence-electron chi connectivity index (χ3n) is 3.28. The minimum Gasteiger partial charge on any atom is -0.486 e. The first-order valence-electron chi connectivity index (χ1n) is 7.24. The fourth-order valence-corrected chi connectivity index (χ4v) is 2.98. The van der Waals surface area contributed by atoms with Gasteiger partial charge in [0.2, 0.25) is 5.91 Å². The quantitative estimate of drug-likeness (QED) is 0.839. The Hall–Kier alpha value is -1.85. The first-order valence-corrected chi connectivity index (χ1v) is 8.61. The van der Waals surface area contributed by atoms with Crippen molar-refractivity contribution < 1.29 is 14.3 Å². The number of hydrogen-bond donors (Lipinski definition) is 1. The Labute approximate surface area is 144 Å². The van der Waals surface area contributed by atoms with E-state index in [2.05, 4.69) is 5.32 Å². The standard InChI is InChI=1S/C17H16ClNO3S/c18-13-2-4-14(5-3-13)23-11-17(20)19-10-12-1-6-15-16(9-12)22-8-7-21-15/h1-6,9H,7-8,10-11H2,(H,19,20). The number of amides is 1. The molecule has 0 atom stereocenters. The lowest BCUT2D eigenvalue weighted by molar-refractivity contribution is -0.118. The van der Waals surface area contributed by atoms with Crippen LogP contribution in [-0.4, -0.2) is 24.9 Å². The summed E-state index contributed by atoms with van der Waals surface area (Å²) in [6.07, 6.45) is 0. The Balaban J connectivity index is 1.48. The molecule has 4 nitrogen and oxygen atoms in total. The normalized spacial score (nSPS) is 12.7. The average molecular weight is 350 g/mol. The Morgan fingerprint density at radius 1 is 1.09 bits per heavy atom. The van der Waals surface area contributed by atoms with Crippen molar-refractivity contribution in [1.29, 1.82) is 0 Å². The lowest BCUT2D eigenvalue weighted by Gasteiger charge is -2.18. The molecule has 3 rings (SSSR count). The topological polar surface area (TPSA) is 47.6 Å². The molecule has 2 aromatic carbocycles. The highest BCUT2D eigenvalue weighted by Gasteiger charge is 2.12. The molecule has 0 unspecified atom stereocenters. The van der Waals surface area contributed by atoms with Gasteiger partial charge in [-0.05, 0) is 42.0 Å². The van der Waals surface area contributed by atoms with Crippen molar-refractivity contribution in [3.05, 3.63) is 53.1 Å². The van der Waals surface area contributed by atoms with E-state index in [1.165, 1.54) is 11.8 Å². The molecule has 6 heteroatoms. The van der Waals surface area contributed by atoms with Crippen molar-refractivity contribution in [2.45, 2.75) is 11.4 Å². The molecule has 1 aliphatic heterocycles. The van der Waals surface area contributed by atoms with E-state index in [-0.39, 0.29) is 5.91 Å². The third kappa shape index (κ3) is 4.56. The van der Waals surface area contributed by atoms with E-state index in [9.17, 15) is 4.79 Å². The molecule has 2 aromatic rings. The zero-order chi connectivity index (χ0) is 16.1. The monoisotopic (exact) mass is 349 g/mol. The number of rotatable bonds is 5. The minimum absolute atomic E-state index is 0.0140. The summed E-state index contributed by atoms with van der Waals surface area (Å²) in [5.41, 5.74) is 0.985. The molecule has 1 heterocycles. The van der Waals surface area contributed by atoms with E-state index >= 15 is 0 Å². The molecular formula is C17H16ClNO3S. The van der Waals surface area contributed by atoms with Gasteiger partial charge in [-0.25, -0.2) is 0 Å². The molecule has 0 saturated heterocycles. The number of halogens is 1. The van der Waals surface area contributed by atoms with Crippen molar-refractivity contribution in [1.82, 2.24) is 5.32 Å². The number of carbonyl (C=O) groups excluding carboxylic acids is 1. The van der Waals surface area contributed by atoms with Gasteiger partial charge in [-0.1, -0.05) is 17.7 Å². The molecule has 0 spiro atoms. The number of fused-ring (bicyclic) bond motifs is 1. The summed E-state index contributed by atoms with van der Waals surface area (Å²) in [5, 5.41) is 3.60. The van der Waals surface area contributed by atoms with Gasteiger partial charge in [0, 0.05) is 16.5 Å². The van der Waals surface area contributed by atoms with E-state index in [1.807, 2.05) is 42.5 Å². The van der Waals surface area contributed by atoms with Crippen molar-refractivity contribution in [3.8, 4) is 11.5 Å². The number of thioether (sulfide) groups is 1. The molecule has 0 aromatic heterocycles. The maximum atomic E-state index is 11.9. The molecule has 1 aliphatic rings. The van der Waals surface area contributed by atoms with Crippen molar-refractivity contribution in [3.63, 3.8) is 0 Å². The van der Waals surface area contributed by atoms with E-state index in [0.29, 0.717) is 30.5 Å². The smallest absolute Gasteiger partial charge is 0.230 e. The Morgan fingerprint density at radius 2 is 1.83 bits per heavy atom. The largest absolute Gasteiger partial charge is 0.486 e. The maximum Gasteiger partial charge on any atom is 0.230 e. The van der Waals surface area contributed by atoms with Crippen LogP contribution in [0.15, 0.2) is 47.4 Å². The summed E-state index contributed by atoms with van der Waals surface area (Å²) in [7, 11) is 0. The molecular weight excluding hydrogens is 334 g/mol. The van der Waals surface area contributed by atoms with Gasteiger partial charge < -0.3 is 14.8 Å². The lowest BCUT2D eigenvalue weighted by atomic mass is 10.2. The van der Waals surface area contributed by atoms with Crippen LogP contribution in [0.5, 0.6) is 11.5 Å². The second kappa shape index (κ2) is 7.62. The van der Waals surface area contributed by atoms with Crippen molar-refractivity contribution in [2.24, 2.45) is 0 Å². The molecule has 0 fully saturated rings. The molecule has 0 saturated carbocycles. The highest BCUT2D eigenvalue weighted by Crippen LogP contribution is 2.30. The van der Waals surface area contributed by atoms with Gasteiger partial charge in [0.25, 0.3) is 0 Å². The third-order valence-corrected chi connectivity index (χ3v) is 4.54. The van der Waals surface area contributed by atoms with Gasteiger partial charge in [0.05, 0.1) is 5.75 Å². The summed E-state index contributed by atoms with van der Waals surface area (Å²) in [5.74, 6) is 1.84. The van der Waals surface area contributed by atoms with Gasteiger partial charge in [0.15, 0.2) is 11.5 Å². The summed E-state index contributed by atoms with van der Waals surface area (Å²) < 4.78 is 11.0. The van der Waals surface area contributed by atoms with E-state index < -0.39 is 0 Å². The Kier molecular flexibility index (Phi) is 5.31. The number of ether oxygens (including phenoxy) is 2. The zero-order valence-corrected chi connectivity index (χ0v) is 14.0. The predicted octanol–water partition coefficient (Wildman–Crippen LogP) is 3.52. The molecule has 0 aliphatic carbocycles. The highest BCUT2D eigenvalue weighted by molar-refractivity contribution is 8.00. The second-order valence-electron chi connectivity index (χ2n) is 5.00. The van der Waals surface area contributed by atoms with Crippen LogP contribution in [0.1, 0.15) is 5.56 Å². The van der Waals surface area contributed by atoms with Crippen molar-refractivity contribution >= 4 is 29.3 Å². The molecule has 1 amide bonds. The molecule has 1 N–H and O–H groups in total. The fraction of sp³-hybridized carbons (Fsp3) is 0.235. The average Bonchev–Trinajstić information content (AvgIpc) is 2.59. The first kappa shape index (κ1) is 16.0. The molecule has 23 heavy (non-hydrogen) atoms. The van der Waals surface area contributed by atoms with Gasteiger partial charge >= 0.3 is 0 Å². The van der Waals surface area contributed by atoms with Crippen LogP contribution >= 0.6 is 23.4 Å². The lowest BCUT2D eigenvalue weighted by Crippen LogP contribution is -2.24. The van der Waals surface area contributed by atoms with Gasteiger partial charge in [-0.3, -0.25) is 4.79 Å². The van der Waals surface area contributed by atoms with Gasteiger partial charge in [-0.15, -0.1) is 11.8 Å². The van der Waals surface area contributed by atoms with Crippen LogP contribution in [0.4, 0.5) is 0 Å². The van der Waals surface area contributed by atoms with Crippen molar-refractivity contribution in [2.75, 3.05) is 19.0 Å². The Bertz CT molecular complexity index is 691. The van der Waals surface area contributed by atoms with Crippen LogP contribution in [-0.2, 0) is 11.3 Å². The van der Waals surface area contributed by atoms with Crippen LogP contribution in [0.3, 0.4) is 0 Å². The first-order chi connectivity index (χ1) is 11.2. The summed E-state index contributed by atoms with van der Waals surface area (Å²) in [6.45, 7) is 1.60. The minimum atomic E-state index is -0.0140. The van der Waals surface area contributed by atoms with E-state index in [4.69, 9.17) is 21.1 Å². The Morgan fingerprint density at radius 3 is 2.61 bits per heavy atom. The van der Waals surface area contributed by atoms with E-state index in [0.717, 1.165) is 22.0 Å². The maximum absolute atomic E-state index is 11.9. The number of carbonyl (C=O) groups is 1. The van der Waals surface area contributed by atoms with E-state index in [1.54, 1.807) is 0 Å². The SMILES string of the molecule is O=C(CSc1ccc(Cl)cc1)NCc1ccc2c(c1)OCCO2. The molecule has 120 valence electrons. The highest BCUT2D eigenvalue weighted by atomic mass is 35.5. The zero-order valence-electron chi connectivity index (χ0n) is 12.4. The van der Waals surface area contributed by atoms with Gasteiger partial charge in [0.1, 0.15) is 13.2 Å². The summed E-state index contributed by atoms with van der Waals surface area (Å²) in [4.78, 5) is 12.9. The van der Waals surface area contributed by atoms with Crippen LogP contribution in [0.2, 0.25) is 5.02 Å². The fourth-order valence-electron chi connectivity index (χ4n) is 2.13. The van der Waals surface area contributed by atoms with Gasteiger partial charge in [-0.2, -0.15) is 0 Å².